The van der Waals surface area contributed by atoms with Gasteiger partial charge in [-0.2, -0.15) is 0 Å². The molecule has 0 radical (unpaired) electrons. The summed E-state index contributed by atoms with van der Waals surface area (Å²) in [4.78, 5) is 107. The van der Waals surface area contributed by atoms with E-state index in [1.807, 2.05) is 0 Å². The second-order valence-corrected chi connectivity index (χ2v) is 24.1. The van der Waals surface area contributed by atoms with Crippen molar-refractivity contribution in [2.75, 3.05) is 93.5 Å². The minimum atomic E-state index is -5.90. The van der Waals surface area contributed by atoms with E-state index in [9.17, 15) is 90.3 Å². The van der Waals surface area contributed by atoms with Crippen molar-refractivity contribution in [3.8, 4) is 0 Å². The van der Waals surface area contributed by atoms with Crippen LogP contribution in [0.25, 0.3) is 0 Å². The molecular weight excluding hydrogens is 1150 g/mol. The van der Waals surface area contributed by atoms with Gasteiger partial charge in [-0.25, -0.2) is 13.7 Å². The van der Waals surface area contributed by atoms with Gasteiger partial charge in [-0.1, -0.05) is 0 Å². The van der Waals surface area contributed by atoms with Gasteiger partial charge in [0.1, 0.15) is 54.9 Å². The first kappa shape index (κ1) is 67.3. The van der Waals surface area contributed by atoms with Crippen molar-refractivity contribution in [2.45, 2.75) is 72.8 Å². The monoisotopic (exact) mass is 1210 g/mol. The predicted molar refractivity (Wildman–Crippen MR) is 234 cm³/mol. The molecule has 11 N–H and O–H groups in total. The Kier molecular flexibility index (Phi) is 32.8. The summed E-state index contributed by atoms with van der Waals surface area (Å²) in [6, 6.07) is 0. The number of ether oxygens (including phenoxy) is 9. The van der Waals surface area contributed by atoms with E-state index in [2.05, 4.69) is 18.1 Å². The van der Waals surface area contributed by atoms with Crippen LogP contribution in [0.4, 0.5) is 0 Å². The molecule has 0 aliphatic heterocycles. The average molecular weight is 1210 g/mol. The van der Waals surface area contributed by atoms with E-state index in [4.69, 9.17) is 56.2 Å². The highest BCUT2D eigenvalue weighted by molar-refractivity contribution is 8.12. The van der Waals surface area contributed by atoms with E-state index < -0.39 is 172 Å². The molecule has 44 heteroatoms. The summed E-state index contributed by atoms with van der Waals surface area (Å²) in [6.07, 6.45) is -23.7. The Morgan fingerprint density at radius 2 is 0.614 bits per heavy atom. The number of hydrogen-bond donors (Lipinski definition) is 11. The van der Waals surface area contributed by atoms with Gasteiger partial charge in [0.25, 0.3) is 0 Å². The van der Waals surface area contributed by atoms with Crippen LogP contribution in [0.5, 0.6) is 0 Å². The van der Waals surface area contributed by atoms with E-state index in [1.54, 1.807) is 0 Å². The van der Waals surface area contributed by atoms with Gasteiger partial charge in [0, 0.05) is 19.9 Å². The third kappa shape index (κ3) is 26.5. The molecule has 2 saturated carbocycles. The normalized spacial score (nSPS) is 30.4. The van der Waals surface area contributed by atoms with Crippen molar-refractivity contribution in [1.82, 2.24) is 0 Å². The van der Waals surface area contributed by atoms with E-state index in [0.29, 0.717) is 0 Å². The molecule has 0 bridgehead atoms. The van der Waals surface area contributed by atoms with Gasteiger partial charge in [-0.3, -0.25) is 36.4 Å². The van der Waals surface area contributed by atoms with Crippen LogP contribution >= 0.6 is 72.5 Å². The van der Waals surface area contributed by atoms with Crippen LogP contribution in [-0.4, -0.2) is 220 Å². The molecule has 2 fully saturated rings. The lowest BCUT2D eigenvalue weighted by atomic mass is 9.85. The zero-order chi connectivity index (χ0) is 52.8. The Balaban J connectivity index is 2.49. The Morgan fingerprint density at radius 3 is 0.886 bits per heavy atom. The number of methoxy groups -OCH3 is 2. The van der Waals surface area contributed by atoms with E-state index in [0.717, 1.165) is 0 Å². The van der Waals surface area contributed by atoms with Gasteiger partial charge < -0.3 is 115 Å². The Labute approximate surface area is 402 Å². The zero-order valence-electron chi connectivity index (χ0n) is 36.5. The maximum atomic E-state index is 12.4. The maximum absolute atomic E-state index is 12.4. The smallest absolute Gasteiger partial charge is 0.382 e. The molecule has 18 atom stereocenters. The highest BCUT2D eigenvalue weighted by Crippen LogP contribution is 2.54. The minimum Gasteiger partial charge on any atom is -0.382 e. The maximum Gasteiger partial charge on any atom is 0.470 e. The summed E-state index contributed by atoms with van der Waals surface area (Å²) >= 11 is 0. The molecule has 0 aromatic heterocycles. The first-order valence-corrected chi connectivity index (χ1v) is 32.7. The van der Waals surface area contributed by atoms with Crippen LogP contribution in [0.3, 0.4) is 0 Å². The highest BCUT2D eigenvalue weighted by Gasteiger charge is 2.60. The quantitative estimate of drug-likeness (QED) is 0.0231. The van der Waals surface area contributed by atoms with Gasteiger partial charge in [0.05, 0.1) is 91.5 Å². The fourth-order valence-corrected chi connectivity index (χ4v) is 13.5. The third-order valence-electron chi connectivity index (χ3n) is 8.98. The van der Waals surface area contributed by atoms with Crippen molar-refractivity contribution >= 4 is 72.5 Å². The topological polar surface area (TPSA) is 507 Å². The second-order valence-electron chi connectivity index (χ2n) is 13.7. The molecule has 0 saturated heterocycles. The van der Waals surface area contributed by atoms with E-state index in [-0.39, 0.29) is 52.9 Å². The standard InChI is InChI=1S/C26H59O35P9/c1-46-3-5-48-9-13-53-24-17(55-63(27)28)15(18(56-64(29)30)25(26(24)62-67(35)36)54-14-10-49-6-4-47-2)51-11-7-50-8-12-52-16-21(59-68(37,38)39)19(57-65(31)32)20(58-66(33)34)23(61-70(43,44)45)22(16)60-69(40,41)42/h15-26,62-67H,3-14H2,1-2H3,(H,27,28)(H,29,30)(H,31,32)(H,33,34)(H,35,36)(H2,37,38,39)(H2,40,41,42)(H2,43,44,45)/t15-,16-,17+,18-,19+,20+,21+,22-,23-,24-,25+,26+/m0/s1. The molecule has 0 aromatic rings. The molecule has 0 aromatic carbocycles. The van der Waals surface area contributed by atoms with Crippen LogP contribution in [0.2, 0.25) is 0 Å². The lowest BCUT2D eigenvalue weighted by Crippen LogP contribution is -2.66. The molecule has 6 unspecified atom stereocenters. The summed E-state index contributed by atoms with van der Waals surface area (Å²) in [5, 5.41) is 0. The molecule has 418 valence electrons. The fraction of sp³-hybridized carbons (Fsp3) is 1.00. The van der Waals surface area contributed by atoms with Gasteiger partial charge >= 0.3 is 56.5 Å². The zero-order valence-corrected chi connectivity index (χ0v) is 45.2. The first-order chi connectivity index (χ1) is 32.7. The van der Waals surface area contributed by atoms with E-state index in [1.165, 1.54) is 14.2 Å². The second kappa shape index (κ2) is 34.2. The van der Waals surface area contributed by atoms with Crippen molar-refractivity contribution in [3.05, 3.63) is 0 Å². The van der Waals surface area contributed by atoms with Gasteiger partial charge in [-0.15, -0.1) is 0 Å². The highest BCUT2D eigenvalue weighted by atomic mass is 32.0. The number of hydrogen-bond acceptors (Lipinski definition) is 24. The van der Waals surface area contributed by atoms with Gasteiger partial charge in [-0.05, 0) is 8.27 Å². The van der Waals surface area contributed by atoms with Crippen LogP contribution in [0, 0.1) is 0 Å². The predicted octanol–water partition coefficient (Wildman–Crippen LogP) is -2.17. The molecular formula is C26H59O35P9. The number of phosphoric ester groups is 3. The molecule has 70 heavy (non-hydrogen) atoms. The average Bonchev–Trinajstić information content (AvgIpc) is 3.21. The van der Waals surface area contributed by atoms with Crippen molar-refractivity contribution in [2.24, 2.45) is 0 Å². The summed E-state index contributed by atoms with van der Waals surface area (Å²) in [7, 11) is -35.7. The van der Waals surface area contributed by atoms with Crippen molar-refractivity contribution in [3.63, 3.8) is 0 Å². The first-order valence-electron chi connectivity index (χ1n) is 19.7. The van der Waals surface area contributed by atoms with Crippen molar-refractivity contribution < 1.29 is 165 Å². The Bertz CT molecular complexity index is 1740. The lowest BCUT2D eigenvalue weighted by Gasteiger charge is -2.49. The van der Waals surface area contributed by atoms with Gasteiger partial charge in [0.2, 0.25) is 7.72 Å². The number of rotatable bonds is 38. The number of phosphoric acid groups is 3. The Morgan fingerprint density at radius 1 is 0.371 bits per heavy atom. The minimum absolute atomic E-state index is 0.0967. The SMILES string of the molecule is COCCOCCO[C@@H]1[C@@H](O[PH](=O)O)[C@@H](OCCOCCO[C@H]2[C@@H](OP(=O)(O)O)[C@H](O[PH](=O)O)[C@@H](O[PH](=O)O)[C@H](OP(=O)(O)O)[C@H]2OP(=O)(O)O)[C@@H](O[PH](=O)O)[C@H](OCCOCCOC)[C@H]1P[PH](=O)O. The van der Waals surface area contributed by atoms with Crippen LogP contribution in [0.15, 0.2) is 0 Å². The van der Waals surface area contributed by atoms with Crippen LogP contribution < -0.4 is 0 Å². The van der Waals surface area contributed by atoms with Crippen LogP contribution in [0.1, 0.15) is 0 Å². The van der Waals surface area contributed by atoms with Crippen molar-refractivity contribution in [1.29, 1.82) is 0 Å². The molecule has 35 nitrogen and oxygen atoms in total. The molecule has 2 aliphatic carbocycles. The molecule has 0 amide bonds. The fourth-order valence-electron chi connectivity index (χ4n) is 6.76. The third-order valence-corrected chi connectivity index (χ3v) is 15.4. The molecule has 2 rings (SSSR count). The molecule has 2 aliphatic rings. The largest absolute Gasteiger partial charge is 0.470 e. The summed E-state index contributed by atoms with van der Waals surface area (Å²) < 4.78 is 180. The summed E-state index contributed by atoms with van der Waals surface area (Å²) in [5.74, 6) is 0. The summed E-state index contributed by atoms with van der Waals surface area (Å²) in [5.41, 5.74) is -1.24. The summed E-state index contributed by atoms with van der Waals surface area (Å²) in [6.45, 7) is -2.77. The Hall–Kier alpha value is 1.19. The lowest BCUT2D eigenvalue weighted by molar-refractivity contribution is -0.217. The van der Waals surface area contributed by atoms with E-state index >= 15 is 0 Å². The van der Waals surface area contributed by atoms with Crippen LogP contribution in [-0.2, 0) is 111 Å². The molecule has 0 spiro atoms. The van der Waals surface area contributed by atoms with Gasteiger partial charge in [0.15, 0.2) is 0 Å². The molecule has 0 heterocycles.